The van der Waals surface area contributed by atoms with Gasteiger partial charge in [0.1, 0.15) is 12.1 Å². The van der Waals surface area contributed by atoms with Crippen molar-refractivity contribution < 1.29 is 14.0 Å². The molecule has 1 aromatic rings. The molecule has 0 fully saturated rings. The van der Waals surface area contributed by atoms with Crippen molar-refractivity contribution in [3.63, 3.8) is 0 Å². The van der Waals surface area contributed by atoms with E-state index in [0.29, 0.717) is 31.0 Å². The number of hydrogen-bond acceptors (Lipinski definition) is 5. The molecule has 1 aliphatic rings. The number of hydrogen-bond donors (Lipinski definition) is 0. The average Bonchev–Trinajstić information content (AvgIpc) is 2.97. The van der Waals surface area contributed by atoms with Gasteiger partial charge in [0.15, 0.2) is 5.90 Å². The molecule has 2 rings (SSSR count). The zero-order valence-corrected chi connectivity index (χ0v) is 16.0. The van der Waals surface area contributed by atoms with Crippen LogP contribution in [-0.2, 0) is 14.0 Å². The second-order valence-corrected chi connectivity index (χ2v) is 10.3. The Morgan fingerprint density at radius 2 is 1.91 bits per heavy atom. The summed E-state index contributed by atoms with van der Waals surface area (Å²) in [6, 6.07) is 8.27. The molecule has 1 heterocycles. The zero-order chi connectivity index (χ0) is 16.9. The van der Waals surface area contributed by atoms with Crippen LogP contribution in [0.2, 0.25) is 0 Å². The van der Waals surface area contributed by atoms with Gasteiger partial charge in [-0.25, -0.2) is 4.99 Å². The van der Waals surface area contributed by atoms with Gasteiger partial charge in [-0.1, -0.05) is 26.0 Å². The number of benzene rings is 1. The summed E-state index contributed by atoms with van der Waals surface area (Å²) in [5.74, 6) is 0.623. The highest BCUT2D eigenvalue weighted by Crippen LogP contribution is 2.46. The van der Waals surface area contributed by atoms with Crippen molar-refractivity contribution in [2.45, 2.75) is 30.9 Å². The molecule has 0 aromatic heterocycles. The van der Waals surface area contributed by atoms with Crippen molar-refractivity contribution in [2.75, 3.05) is 38.5 Å². The third-order valence-corrected chi connectivity index (χ3v) is 8.18. The van der Waals surface area contributed by atoms with Gasteiger partial charge in [-0.3, -0.25) is 0 Å². The van der Waals surface area contributed by atoms with Crippen molar-refractivity contribution in [2.24, 2.45) is 4.99 Å². The molecule has 1 aliphatic heterocycles. The molecule has 0 unspecified atom stereocenters. The predicted molar refractivity (Wildman–Crippen MR) is 98.7 cm³/mol. The lowest BCUT2D eigenvalue weighted by atomic mass is 10.0. The predicted octanol–water partition coefficient (Wildman–Crippen LogP) is 4.30. The van der Waals surface area contributed by atoms with Gasteiger partial charge in [-0.15, -0.1) is 11.8 Å². The van der Waals surface area contributed by atoms with E-state index in [0.717, 1.165) is 5.56 Å². The maximum absolute atomic E-state index is 12.7. The summed E-state index contributed by atoms with van der Waals surface area (Å²) in [6.07, 6.45) is 3.74. The Labute approximate surface area is 143 Å². The Morgan fingerprint density at radius 1 is 1.26 bits per heavy atom. The van der Waals surface area contributed by atoms with E-state index in [2.05, 4.69) is 35.5 Å². The molecule has 0 spiro atoms. The SMILES string of the molecule is CCP(=O)(CC)CC1=N[C@@H](COC)[C@H](c2ccc(SC)cc2)O1. The highest BCUT2D eigenvalue weighted by atomic mass is 32.2. The fourth-order valence-electron chi connectivity index (χ4n) is 2.66. The molecule has 0 bridgehead atoms. The quantitative estimate of drug-likeness (QED) is 0.515. The first kappa shape index (κ1) is 18.6. The zero-order valence-electron chi connectivity index (χ0n) is 14.3. The van der Waals surface area contributed by atoms with Gasteiger partial charge in [-0.2, -0.15) is 0 Å². The van der Waals surface area contributed by atoms with Crippen LogP contribution in [0.4, 0.5) is 0 Å². The summed E-state index contributed by atoms with van der Waals surface area (Å²) in [5, 5.41) is 0. The Balaban J connectivity index is 2.16. The lowest BCUT2D eigenvalue weighted by Gasteiger charge is -2.19. The molecule has 0 radical (unpaired) electrons. The molecular formula is C17H26NO3PS. The van der Waals surface area contributed by atoms with Gasteiger partial charge in [-0.05, 0) is 36.3 Å². The number of ether oxygens (including phenoxy) is 2. The molecule has 0 saturated heterocycles. The van der Waals surface area contributed by atoms with Crippen LogP contribution in [0.1, 0.15) is 25.5 Å². The van der Waals surface area contributed by atoms with Gasteiger partial charge < -0.3 is 14.0 Å². The molecule has 0 aliphatic carbocycles. The van der Waals surface area contributed by atoms with Gasteiger partial charge >= 0.3 is 0 Å². The lowest BCUT2D eigenvalue weighted by molar-refractivity contribution is 0.120. The summed E-state index contributed by atoms with van der Waals surface area (Å²) < 4.78 is 24.1. The number of methoxy groups -OCH3 is 1. The van der Waals surface area contributed by atoms with E-state index in [1.54, 1.807) is 18.9 Å². The van der Waals surface area contributed by atoms with E-state index in [4.69, 9.17) is 9.47 Å². The first-order valence-corrected chi connectivity index (χ1v) is 11.5. The fraction of sp³-hybridized carbons (Fsp3) is 0.588. The molecular weight excluding hydrogens is 329 g/mol. The summed E-state index contributed by atoms with van der Waals surface area (Å²) in [6.45, 7) is 4.46. The Bertz CT molecular complexity index is 580. The average molecular weight is 355 g/mol. The Kier molecular flexibility index (Phi) is 6.75. The third-order valence-electron chi connectivity index (χ3n) is 4.28. The monoisotopic (exact) mass is 355 g/mol. The number of rotatable bonds is 8. The van der Waals surface area contributed by atoms with E-state index in [1.165, 1.54) is 4.90 Å². The normalized spacial score (nSPS) is 21.1. The first-order valence-electron chi connectivity index (χ1n) is 7.98. The van der Waals surface area contributed by atoms with Gasteiger partial charge in [0.25, 0.3) is 0 Å². The van der Waals surface area contributed by atoms with Crippen LogP contribution < -0.4 is 0 Å². The molecule has 23 heavy (non-hydrogen) atoms. The lowest BCUT2D eigenvalue weighted by Crippen LogP contribution is -2.19. The molecule has 128 valence electrons. The summed E-state index contributed by atoms with van der Waals surface area (Å²) in [5.41, 5.74) is 1.09. The van der Waals surface area contributed by atoms with Crippen LogP contribution in [0.15, 0.2) is 34.2 Å². The van der Waals surface area contributed by atoms with Gasteiger partial charge in [0.05, 0.1) is 19.9 Å². The molecule has 4 nitrogen and oxygen atoms in total. The standard InChI is InChI=1S/C17H26NO3PS/c1-5-22(19,6-2)12-16-18-15(11-20-3)17(21-16)13-7-9-14(23-4)10-8-13/h7-10,15,17H,5-6,11-12H2,1-4H3/t15-,17-/m0/s1. The van der Waals surface area contributed by atoms with Crippen molar-refractivity contribution in [1.29, 1.82) is 0 Å². The van der Waals surface area contributed by atoms with Crippen molar-refractivity contribution in [3.05, 3.63) is 29.8 Å². The first-order chi connectivity index (χ1) is 11.0. The number of thioether (sulfide) groups is 1. The molecule has 0 saturated carbocycles. The smallest absolute Gasteiger partial charge is 0.192 e. The van der Waals surface area contributed by atoms with Crippen LogP contribution in [0.25, 0.3) is 0 Å². The minimum atomic E-state index is -2.21. The van der Waals surface area contributed by atoms with Gasteiger partial charge in [0, 0.05) is 12.0 Å². The van der Waals surface area contributed by atoms with E-state index in [9.17, 15) is 4.57 Å². The van der Waals surface area contributed by atoms with Crippen molar-refractivity contribution in [3.8, 4) is 0 Å². The Morgan fingerprint density at radius 3 is 2.43 bits per heavy atom. The maximum Gasteiger partial charge on any atom is 0.192 e. The van der Waals surface area contributed by atoms with Crippen LogP contribution in [0.5, 0.6) is 0 Å². The molecule has 6 heteroatoms. The minimum Gasteiger partial charge on any atom is -0.470 e. The highest BCUT2D eigenvalue weighted by molar-refractivity contribution is 7.98. The minimum absolute atomic E-state index is 0.0720. The second-order valence-electron chi connectivity index (χ2n) is 5.71. The van der Waals surface area contributed by atoms with E-state index >= 15 is 0 Å². The fourth-order valence-corrected chi connectivity index (χ4v) is 4.61. The topological polar surface area (TPSA) is 47.9 Å². The van der Waals surface area contributed by atoms with E-state index in [1.807, 2.05) is 13.8 Å². The van der Waals surface area contributed by atoms with Crippen molar-refractivity contribution in [1.82, 2.24) is 0 Å². The summed E-state index contributed by atoms with van der Waals surface area (Å²) in [7, 11) is -0.535. The molecule has 2 atom stereocenters. The van der Waals surface area contributed by atoms with E-state index < -0.39 is 7.14 Å². The number of aliphatic imine (C=N–C) groups is 1. The van der Waals surface area contributed by atoms with E-state index in [-0.39, 0.29) is 12.1 Å². The van der Waals surface area contributed by atoms with Crippen LogP contribution in [0.3, 0.4) is 0 Å². The van der Waals surface area contributed by atoms with Crippen LogP contribution in [0, 0.1) is 0 Å². The van der Waals surface area contributed by atoms with Gasteiger partial charge in [0.2, 0.25) is 0 Å². The van der Waals surface area contributed by atoms with Crippen LogP contribution in [-0.4, -0.2) is 50.4 Å². The maximum atomic E-state index is 12.7. The largest absolute Gasteiger partial charge is 0.470 e. The summed E-state index contributed by atoms with van der Waals surface area (Å²) >= 11 is 1.71. The highest BCUT2D eigenvalue weighted by Gasteiger charge is 2.34. The Hall–Kier alpha value is -0.770. The van der Waals surface area contributed by atoms with Crippen LogP contribution >= 0.6 is 18.9 Å². The second kappa shape index (κ2) is 8.36. The molecule has 0 N–H and O–H groups in total. The molecule has 1 aromatic carbocycles. The molecule has 0 amide bonds. The summed E-state index contributed by atoms with van der Waals surface area (Å²) in [4.78, 5) is 5.87. The number of nitrogens with zero attached hydrogens (tertiary/aromatic N) is 1. The van der Waals surface area contributed by atoms with Crippen molar-refractivity contribution >= 4 is 24.8 Å². The third kappa shape index (κ3) is 4.62.